The van der Waals surface area contributed by atoms with Crippen LogP contribution in [0.15, 0.2) is 12.1 Å². The van der Waals surface area contributed by atoms with Crippen molar-refractivity contribution in [2.75, 3.05) is 25.0 Å². The second kappa shape index (κ2) is 6.82. The molecule has 0 aromatic heterocycles. The highest BCUT2D eigenvalue weighted by Crippen LogP contribution is 2.28. The summed E-state index contributed by atoms with van der Waals surface area (Å²) >= 11 is 0. The minimum atomic E-state index is 0.0765. The number of nitrogens with one attached hydrogen (secondary N) is 1. The number of rotatable bonds is 5. The van der Waals surface area contributed by atoms with E-state index in [1.165, 1.54) is 18.4 Å². The first-order chi connectivity index (χ1) is 10.4. The highest BCUT2D eigenvalue weighted by molar-refractivity contribution is 5.95. The fourth-order valence-electron chi connectivity index (χ4n) is 4.22. The molecule has 0 aliphatic carbocycles. The molecule has 0 radical (unpaired) electrons. The van der Waals surface area contributed by atoms with Crippen LogP contribution in [0.3, 0.4) is 0 Å². The number of nitrogens with zero attached hydrogens (tertiary/aromatic N) is 1. The Hall–Kier alpha value is -1.35. The monoisotopic (exact) mass is 303 g/mol. The van der Waals surface area contributed by atoms with Gasteiger partial charge in [-0.15, -0.1) is 0 Å². The lowest BCUT2D eigenvalue weighted by molar-refractivity contribution is -0.930. The fraction of sp³-hybridized carbons (Fsp3) is 0.632. The zero-order chi connectivity index (χ0) is 16.3. The molecule has 3 heteroatoms. The molecule has 1 aliphatic rings. The maximum Gasteiger partial charge on any atom is 0.282 e. The van der Waals surface area contributed by atoms with Gasteiger partial charge in [-0.2, -0.15) is 0 Å². The Labute approximate surface area is 135 Å². The summed E-state index contributed by atoms with van der Waals surface area (Å²) in [5.41, 5.74) is 4.56. The van der Waals surface area contributed by atoms with Crippen molar-refractivity contribution in [1.82, 2.24) is 0 Å². The largest absolute Gasteiger partial charge is 0.320 e. The van der Waals surface area contributed by atoms with Gasteiger partial charge in [-0.1, -0.05) is 24.6 Å². The number of benzene rings is 1. The predicted molar refractivity (Wildman–Crippen MR) is 93.1 cm³/mol. The van der Waals surface area contributed by atoms with E-state index in [2.05, 4.69) is 52.1 Å². The van der Waals surface area contributed by atoms with Crippen molar-refractivity contribution in [2.45, 2.75) is 59.9 Å². The molecule has 0 saturated carbocycles. The van der Waals surface area contributed by atoms with Crippen LogP contribution in [-0.4, -0.2) is 36.1 Å². The standard InChI is InChI=1S/C19H30N2O/c1-6-17(21(7-2)10-8-9-11-21)19(22)20-18-15(4)12-14(3)13-16(18)5/h12-13,17H,6-11H2,1-5H3/p+1. The minimum Gasteiger partial charge on any atom is -0.320 e. The van der Waals surface area contributed by atoms with Crippen molar-refractivity contribution in [3.63, 3.8) is 0 Å². The number of hydrogen-bond acceptors (Lipinski definition) is 1. The maximum atomic E-state index is 13.0. The fourth-order valence-corrected chi connectivity index (χ4v) is 4.22. The van der Waals surface area contributed by atoms with E-state index >= 15 is 0 Å². The molecule has 22 heavy (non-hydrogen) atoms. The van der Waals surface area contributed by atoms with Crippen LogP contribution in [0.2, 0.25) is 0 Å². The number of quaternary nitrogens is 1. The van der Waals surface area contributed by atoms with Crippen molar-refractivity contribution in [3.8, 4) is 0 Å². The molecule has 1 saturated heterocycles. The number of likely N-dealkylation sites (N-methyl/N-ethyl adjacent to an activating group) is 1. The molecule has 1 aliphatic heterocycles. The van der Waals surface area contributed by atoms with E-state index in [0.29, 0.717) is 0 Å². The quantitative estimate of drug-likeness (QED) is 0.820. The number of aryl methyl sites for hydroxylation is 3. The molecule has 1 heterocycles. The molecule has 1 unspecified atom stereocenters. The summed E-state index contributed by atoms with van der Waals surface area (Å²) in [7, 11) is 0. The van der Waals surface area contributed by atoms with Crippen LogP contribution in [-0.2, 0) is 4.79 Å². The van der Waals surface area contributed by atoms with Gasteiger partial charge in [0, 0.05) is 24.9 Å². The zero-order valence-corrected chi connectivity index (χ0v) is 14.8. The molecule has 3 nitrogen and oxygen atoms in total. The average Bonchev–Trinajstić information content (AvgIpc) is 2.93. The summed E-state index contributed by atoms with van der Waals surface area (Å²) < 4.78 is 0.965. The number of amides is 1. The van der Waals surface area contributed by atoms with Gasteiger partial charge in [0.25, 0.3) is 5.91 Å². The van der Waals surface area contributed by atoms with Gasteiger partial charge < -0.3 is 9.80 Å². The number of carbonyl (C=O) groups is 1. The van der Waals surface area contributed by atoms with Crippen molar-refractivity contribution < 1.29 is 9.28 Å². The third kappa shape index (κ3) is 3.19. The van der Waals surface area contributed by atoms with Gasteiger partial charge in [0.2, 0.25) is 0 Å². The molecule has 1 N–H and O–H groups in total. The first kappa shape index (κ1) is 17.0. The summed E-state index contributed by atoms with van der Waals surface area (Å²) in [5.74, 6) is 0.196. The lowest BCUT2D eigenvalue weighted by Gasteiger charge is -2.39. The van der Waals surface area contributed by atoms with Crippen molar-refractivity contribution in [1.29, 1.82) is 0 Å². The second-order valence-corrected chi connectivity index (χ2v) is 6.88. The van der Waals surface area contributed by atoms with Crippen LogP contribution in [0.25, 0.3) is 0 Å². The molecule has 2 rings (SSSR count). The van der Waals surface area contributed by atoms with Crippen LogP contribution in [0.4, 0.5) is 5.69 Å². The minimum absolute atomic E-state index is 0.0765. The van der Waals surface area contributed by atoms with Gasteiger partial charge in [-0.25, -0.2) is 0 Å². The van der Waals surface area contributed by atoms with E-state index in [-0.39, 0.29) is 11.9 Å². The van der Waals surface area contributed by atoms with Gasteiger partial charge in [-0.3, -0.25) is 4.79 Å². The molecule has 0 bridgehead atoms. The second-order valence-electron chi connectivity index (χ2n) is 6.88. The lowest BCUT2D eigenvalue weighted by Crippen LogP contribution is -2.57. The SMILES string of the molecule is CCC(C(=O)Nc1c(C)cc(C)cc1C)[N+]1(CC)CCCC1. The van der Waals surface area contributed by atoms with E-state index < -0.39 is 0 Å². The molecule has 1 amide bonds. The number of anilines is 1. The van der Waals surface area contributed by atoms with Gasteiger partial charge in [-0.05, 0) is 38.8 Å². The summed E-state index contributed by atoms with van der Waals surface area (Å²) in [4.78, 5) is 13.0. The van der Waals surface area contributed by atoms with Gasteiger partial charge in [0.15, 0.2) is 6.04 Å². The van der Waals surface area contributed by atoms with E-state index in [4.69, 9.17) is 0 Å². The highest BCUT2D eigenvalue weighted by Gasteiger charge is 2.41. The van der Waals surface area contributed by atoms with Crippen LogP contribution in [0.1, 0.15) is 49.8 Å². The van der Waals surface area contributed by atoms with E-state index in [1.807, 2.05) is 0 Å². The molecule has 1 atom stereocenters. The van der Waals surface area contributed by atoms with Crippen molar-refractivity contribution in [3.05, 3.63) is 28.8 Å². The highest BCUT2D eigenvalue weighted by atomic mass is 16.2. The van der Waals surface area contributed by atoms with Crippen LogP contribution in [0.5, 0.6) is 0 Å². The summed E-state index contributed by atoms with van der Waals surface area (Å²) in [6.07, 6.45) is 3.41. The number of hydrogen-bond donors (Lipinski definition) is 1. The average molecular weight is 303 g/mol. The summed E-state index contributed by atoms with van der Waals surface area (Å²) in [5, 5.41) is 3.24. The first-order valence-electron chi connectivity index (χ1n) is 8.68. The van der Waals surface area contributed by atoms with E-state index in [9.17, 15) is 4.79 Å². The normalized spacial score (nSPS) is 18.2. The molecule has 1 fully saturated rings. The van der Waals surface area contributed by atoms with Crippen LogP contribution < -0.4 is 5.32 Å². The Bertz CT molecular complexity index is 521. The molecular formula is C19H31N2O+. The number of likely N-dealkylation sites (tertiary alicyclic amines) is 1. The lowest BCUT2D eigenvalue weighted by atomic mass is 10.0. The van der Waals surface area contributed by atoms with Crippen molar-refractivity contribution in [2.24, 2.45) is 0 Å². The smallest absolute Gasteiger partial charge is 0.282 e. The van der Waals surface area contributed by atoms with Crippen LogP contribution >= 0.6 is 0 Å². The third-order valence-electron chi connectivity index (χ3n) is 5.36. The molecular weight excluding hydrogens is 272 g/mol. The summed E-state index contributed by atoms with van der Waals surface area (Å²) in [6.45, 7) is 14.0. The topological polar surface area (TPSA) is 29.1 Å². The third-order valence-corrected chi connectivity index (χ3v) is 5.36. The van der Waals surface area contributed by atoms with Crippen LogP contribution in [0, 0.1) is 20.8 Å². The Balaban J connectivity index is 2.23. The number of carbonyl (C=O) groups excluding carboxylic acids is 1. The van der Waals surface area contributed by atoms with Gasteiger partial charge >= 0.3 is 0 Å². The predicted octanol–water partition coefficient (Wildman–Crippen LogP) is 3.96. The van der Waals surface area contributed by atoms with E-state index in [1.54, 1.807) is 0 Å². The Morgan fingerprint density at radius 1 is 1.14 bits per heavy atom. The molecule has 122 valence electrons. The first-order valence-corrected chi connectivity index (χ1v) is 8.68. The van der Waals surface area contributed by atoms with Gasteiger partial charge in [0.05, 0.1) is 19.6 Å². The Kier molecular flexibility index (Phi) is 5.28. The molecule has 1 aromatic rings. The molecule has 0 spiro atoms. The van der Waals surface area contributed by atoms with E-state index in [0.717, 1.165) is 47.4 Å². The maximum absolute atomic E-state index is 13.0. The summed E-state index contributed by atoms with van der Waals surface area (Å²) in [6, 6.07) is 4.36. The molecule has 1 aromatic carbocycles. The Morgan fingerprint density at radius 2 is 1.68 bits per heavy atom. The van der Waals surface area contributed by atoms with Crippen molar-refractivity contribution >= 4 is 11.6 Å². The van der Waals surface area contributed by atoms with Gasteiger partial charge in [0.1, 0.15) is 0 Å². The zero-order valence-electron chi connectivity index (χ0n) is 14.8. The Morgan fingerprint density at radius 3 is 2.14 bits per heavy atom.